The summed E-state index contributed by atoms with van der Waals surface area (Å²) in [6, 6.07) is 0. The fourth-order valence-electron chi connectivity index (χ4n) is 1.14. The zero-order valence-corrected chi connectivity index (χ0v) is 10.0. The molecule has 0 aliphatic rings. The molecular formula is C10H20O8. The topological polar surface area (TPSA) is 148 Å². The molecule has 0 heterocycles. The molecule has 0 aliphatic carbocycles. The van der Waals surface area contributed by atoms with Crippen LogP contribution in [0.15, 0.2) is 0 Å². The van der Waals surface area contributed by atoms with Crippen LogP contribution in [0.3, 0.4) is 0 Å². The monoisotopic (exact) mass is 268 g/mol. The summed E-state index contributed by atoms with van der Waals surface area (Å²) in [5.41, 5.74) is 0. The Balaban J connectivity index is 4.08. The van der Waals surface area contributed by atoms with Crippen LogP contribution in [-0.4, -0.2) is 80.3 Å². The van der Waals surface area contributed by atoms with E-state index in [4.69, 9.17) is 15.3 Å². The van der Waals surface area contributed by atoms with Crippen molar-refractivity contribution >= 4 is 5.97 Å². The molecule has 0 radical (unpaired) electrons. The average Bonchev–Trinajstić information content (AvgIpc) is 2.32. The van der Waals surface area contributed by atoms with E-state index in [0.717, 1.165) is 0 Å². The molecule has 8 heteroatoms. The Morgan fingerprint density at radius 2 is 1.56 bits per heavy atom. The highest BCUT2D eigenvalue weighted by molar-refractivity contribution is 5.69. The van der Waals surface area contributed by atoms with Crippen molar-refractivity contribution in [1.29, 1.82) is 0 Å². The zero-order chi connectivity index (χ0) is 14.3. The first-order chi connectivity index (χ1) is 8.29. The van der Waals surface area contributed by atoms with Crippen LogP contribution in [0.4, 0.5) is 0 Å². The van der Waals surface area contributed by atoms with Crippen LogP contribution in [-0.2, 0) is 9.53 Å². The van der Waals surface area contributed by atoms with Gasteiger partial charge < -0.3 is 35.4 Å². The van der Waals surface area contributed by atoms with Gasteiger partial charge in [0.2, 0.25) is 0 Å². The molecule has 18 heavy (non-hydrogen) atoms. The smallest absolute Gasteiger partial charge is 0.308 e. The van der Waals surface area contributed by atoms with Gasteiger partial charge in [-0.2, -0.15) is 0 Å². The Labute approximate surface area is 104 Å². The second kappa shape index (κ2) is 8.35. The fraction of sp³-hybridized carbons (Fsp3) is 0.900. The summed E-state index contributed by atoms with van der Waals surface area (Å²) < 4.78 is 4.54. The molecule has 1 unspecified atom stereocenters. The van der Waals surface area contributed by atoms with E-state index in [2.05, 4.69) is 4.74 Å². The first-order valence-corrected chi connectivity index (χ1v) is 5.46. The molecule has 0 aromatic carbocycles. The van der Waals surface area contributed by atoms with E-state index in [1.165, 1.54) is 6.92 Å². The standard InChI is InChI=1S/C10H20O8/c1-5(12)2-8(15)18-4-7(14)10(17)9(16)6(13)3-11/h5-7,9-14,16-17H,2-4H2,1H3/t5?,6-,7+,9-,10-/m1/s1. The first kappa shape index (κ1) is 17.2. The number of ether oxygens (including phenoxy) is 1. The molecule has 0 fully saturated rings. The van der Waals surface area contributed by atoms with Crippen LogP contribution in [0.2, 0.25) is 0 Å². The number of carbonyl (C=O) groups is 1. The molecule has 0 aromatic rings. The third kappa shape index (κ3) is 6.24. The summed E-state index contributed by atoms with van der Waals surface area (Å²) >= 11 is 0. The van der Waals surface area contributed by atoms with Crippen molar-refractivity contribution < 1.29 is 40.2 Å². The van der Waals surface area contributed by atoms with Gasteiger partial charge in [-0.15, -0.1) is 0 Å². The lowest BCUT2D eigenvalue weighted by molar-refractivity contribution is -0.157. The minimum atomic E-state index is -1.77. The zero-order valence-electron chi connectivity index (χ0n) is 10.0. The van der Waals surface area contributed by atoms with E-state index in [0.29, 0.717) is 0 Å². The van der Waals surface area contributed by atoms with E-state index in [9.17, 15) is 20.1 Å². The fourth-order valence-corrected chi connectivity index (χ4v) is 1.14. The van der Waals surface area contributed by atoms with Gasteiger partial charge in [0.25, 0.3) is 0 Å². The largest absolute Gasteiger partial charge is 0.463 e. The third-order valence-electron chi connectivity index (χ3n) is 2.20. The number of hydrogen-bond donors (Lipinski definition) is 6. The SMILES string of the molecule is CC(O)CC(=O)OC[C@H](O)[C@@H](O)[C@H](O)[C@H](O)CO. The van der Waals surface area contributed by atoms with E-state index in [1.807, 2.05) is 0 Å². The summed E-state index contributed by atoms with van der Waals surface area (Å²) in [7, 11) is 0. The lowest BCUT2D eigenvalue weighted by Gasteiger charge is -2.25. The molecule has 8 nitrogen and oxygen atoms in total. The predicted octanol–water partition coefficient (Wildman–Crippen LogP) is -3.26. The highest BCUT2D eigenvalue weighted by Gasteiger charge is 2.30. The Bertz CT molecular complexity index is 244. The number of carbonyl (C=O) groups excluding carboxylic acids is 1. The van der Waals surface area contributed by atoms with Crippen LogP contribution in [0.5, 0.6) is 0 Å². The quantitative estimate of drug-likeness (QED) is 0.251. The third-order valence-corrected chi connectivity index (χ3v) is 2.20. The maximum absolute atomic E-state index is 11.0. The van der Waals surface area contributed by atoms with Gasteiger partial charge in [-0.05, 0) is 6.92 Å². The summed E-state index contributed by atoms with van der Waals surface area (Å²) in [6.07, 6.45) is -7.90. The lowest BCUT2D eigenvalue weighted by Crippen LogP contribution is -2.47. The highest BCUT2D eigenvalue weighted by Crippen LogP contribution is 2.06. The van der Waals surface area contributed by atoms with Gasteiger partial charge in [-0.3, -0.25) is 4.79 Å². The van der Waals surface area contributed by atoms with E-state index >= 15 is 0 Å². The Hall–Kier alpha value is -0.770. The molecular weight excluding hydrogens is 248 g/mol. The first-order valence-electron chi connectivity index (χ1n) is 5.46. The Kier molecular flexibility index (Phi) is 8.00. The molecule has 0 aromatic heterocycles. The van der Waals surface area contributed by atoms with Gasteiger partial charge >= 0.3 is 5.97 Å². The van der Waals surface area contributed by atoms with Crippen LogP contribution < -0.4 is 0 Å². The van der Waals surface area contributed by atoms with Crippen molar-refractivity contribution in [2.45, 2.75) is 43.9 Å². The second-order valence-electron chi connectivity index (χ2n) is 4.03. The van der Waals surface area contributed by atoms with Gasteiger partial charge in [0.15, 0.2) is 0 Å². The highest BCUT2D eigenvalue weighted by atomic mass is 16.5. The van der Waals surface area contributed by atoms with Crippen LogP contribution in [0.25, 0.3) is 0 Å². The normalized spacial score (nSPS) is 19.7. The number of aliphatic hydroxyl groups is 6. The summed E-state index contributed by atoms with van der Waals surface area (Å²) in [4.78, 5) is 11.0. The molecule has 0 aliphatic heterocycles. The number of aliphatic hydroxyl groups excluding tert-OH is 6. The Morgan fingerprint density at radius 3 is 2.00 bits per heavy atom. The van der Waals surface area contributed by atoms with Gasteiger partial charge in [-0.25, -0.2) is 0 Å². The molecule has 5 atom stereocenters. The number of esters is 1. The molecule has 0 saturated heterocycles. The molecule has 6 N–H and O–H groups in total. The second-order valence-corrected chi connectivity index (χ2v) is 4.03. The van der Waals surface area contributed by atoms with Crippen molar-refractivity contribution in [3.05, 3.63) is 0 Å². The Morgan fingerprint density at radius 1 is 1.06 bits per heavy atom. The van der Waals surface area contributed by atoms with Gasteiger partial charge in [0.1, 0.15) is 31.0 Å². The van der Waals surface area contributed by atoms with Crippen molar-refractivity contribution in [2.24, 2.45) is 0 Å². The van der Waals surface area contributed by atoms with Crippen molar-refractivity contribution in [3.8, 4) is 0 Å². The molecule has 0 spiro atoms. The van der Waals surface area contributed by atoms with Gasteiger partial charge in [-0.1, -0.05) is 0 Å². The molecule has 0 bridgehead atoms. The minimum Gasteiger partial charge on any atom is -0.463 e. The summed E-state index contributed by atoms with van der Waals surface area (Å²) in [6.45, 7) is 0.00257. The van der Waals surface area contributed by atoms with E-state index < -0.39 is 49.7 Å². The number of rotatable bonds is 8. The molecule has 108 valence electrons. The van der Waals surface area contributed by atoms with Gasteiger partial charge in [0.05, 0.1) is 19.1 Å². The van der Waals surface area contributed by atoms with E-state index in [1.54, 1.807) is 0 Å². The van der Waals surface area contributed by atoms with Crippen LogP contribution in [0, 0.1) is 0 Å². The summed E-state index contributed by atoms with van der Waals surface area (Å²) in [5.74, 6) is -0.770. The van der Waals surface area contributed by atoms with Crippen molar-refractivity contribution in [1.82, 2.24) is 0 Å². The minimum absolute atomic E-state index is 0.259. The average molecular weight is 268 g/mol. The molecule has 0 saturated carbocycles. The molecule has 0 rings (SSSR count). The summed E-state index contributed by atoms with van der Waals surface area (Å²) in [5, 5.41) is 54.5. The maximum atomic E-state index is 11.0. The number of hydrogen-bond acceptors (Lipinski definition) is 8. The lowest BCUT2D eigenvalue weighted by atomic mass is 10.0. The maximum Gasteiger partial charge on any atom is 0.308 e. The van der Waals surface area contributed by atoms with Crippen LogP contribution >= 0.6 is 0 Å². The van der Waals surface area contributed by atoms with Gasteiger partial charge in [0, 0.05) is 0 Å². The molecule has 0 amide bonds. The van der Waals surface area contributed by atoms with Crippen molar-refractivity contribution in [2.75, 3.05) is 13.2 Å². The van der Waals surface area contributed by atoms with Crippen LogP contribution in [0.1, 0.15) is 13.3 Å². The van der Waals surface area contributed by atoms with E-state index in [-0.39, 0.29) is 6.42 Å². The predicted molar refractivity (Wildman–Crippen MR) is 58.4 cm³/mol. The van der Waals surface area contributed by atoms with Crippen molar-refractivity contribution in [3.63, 3.8) is 0 Å².